The lowest BCUT2D eigenvalue weighted by Gasteiger charge is -2.26. The molecule has 2 amide bonds. The van der Waals surface area contributed by atoms with Crippen LogP contribution in [0.5, 0.6) is 0 Å². The number of hydrogen-bond acceptors (Lipinski definition) is 3. The summed E-state index contributed by atoms with van der Waals surface area (Å²) in [6.07, 6.45) is 7.47. The lowest BCUT2D eigenvalue weighted by Crippen LogP contribution is -2.44. The number of urea groups is 1. The number of carbonyl (C=O) groups excluding carboxylic acids is 1. The van der Waals surface area contributed by atoms with Gasteiger partial charge in [-0.2, -0.15) is 0 Å². The predicted octanol–water partition coefficient (Wildman–Crippen LogP) is 2.08. The molecule has 1 saturated carbocycles. The molecule has 0 radical (unpaired) electrons. The fourth-order valence-corrected chi connectivity index (χ4v) is 3.24. The van der Waals surface area contributed by atoms with Crippen molar-refractivity contribution in [2.75, 3.05) is 6.54 Å². The summed E-state index contributed by atoms with van der Waals surface area (Å²) in [4.78, 5) is 16.4. The first-order valence-electron chi connectivity index (χ1n) is 8.97. The van der Waals surface area contributed by atoms with Crippen molar-refractivity contribution in [3.8, 4) is 0 Å². The molecule has 1 fully saturated rings. The second kappa shape index (κ2) is 8.67. The Morgan fingerprint density at radius 2 is 1.96 bits per heavy atom. The molecule has 0 unspecified atom stereocenters. The number of aliphatic hydroxyl groups is 1. The number of nitrogens with zero attached hydrogens (tertiary/aromatic N) is 2. The van der Waals surface area contributed by atoms with E-state index in [9.17, 15) is 9.90 Å². The van der Waals surface area contributed by atoms with E-state index in [0.29, 0.717) is 13.0 Å². The fraction of sp³-hybridized carbons (Fsp3) is 0.474. The van der Waals surface area contributed by atoms with Crippen molar-refractivity contribution in [2.45, 2.75) is 50.8 Å². The second-order valence-electron chi connectivity index (χ2n) is 6.61. The standard InChI is InChI=1S/C19H26N4O2/c24-17-8-6-16(7-9-17)22-19(25)21-11-10-18-20-12-13-23(18)14-15-4-2-1-3-5-15/h1-5,12-13,16-17,24H,6-11,14H2,(H2,21,22,25). The van der Waals surface area contributed by atoms with Gasteiger partial charge in [0.1, 0.15) is 5.82 Å². The maximum absolute atomic E-state index is 12.0. The Hall–Kier alpha value is -2.34. The molecule has 0 spiro atoms. The molecule has 1 aliphatic carbocycles. The average Bonchev–Trinajstić information content (AvgIpc) is 3.05. The van der Waals surface area contributed by atoms with Crippen molar-refractivity contribution in [1.82, 2.24) is 20.2 Å². The number of imidazole rings is 1. The van der Waals surface area contributed by atoms with Gasteiger partial charge in [0, 0.05) is 37.9 Å². The van der Waals surface area contributed by atoms with Gasteiger partial charge in [-0.25, -0.2) is 9.78 Å². The molecule has 6 heteroatoms. The number of carbonyl (C=O) groups is 1. The van der Waals surface area contributed by atoms with Gasteiger partial charge in [0.05, 0.1) is 6.10 Å². The highest BCUT2D eigenvalue weighted by Gasteiger charge is 2.20. The summed E-state index contributed by atoms with van der Waals surface area (Å²) >= 11 is 0. The topological polar surface area (TPSA) is 79.2 Å². The SMILES string of the molecule is O=C(NCCc1nccn1Cc1ccccc1)NC1CCC(O)CC1. The second-order valence-corrected chi connectivity index (χ2v) is 6.61. The summed E-state index contributed by atoms with van der Waals surface area (Å²) in [6, 6.07) is 10.3. The van der Waals surface area contributed by atoms with Crippen molar-refractivity contribution in [3.05, 3.63) is 54.1 Å². The van der Waals surface area contributed by atoms with Crippen LogP contribution in [0.3, 0.4) is 0 Å². The molecular formula is C19H26N4O2. The van der Waals surface area contributed by atoms with E-state index in [4.69, 9.17) is 0 Å². The van der Waals surface area contributed by atoms with Crippen LogP contribution < -0.4 is 10.6 Å². The Morgan fingerprint density at radius 3 is 2.72 bits per heavy atom. The van der Waals surface area contributed by atoms with Gasteiger partial charge in [-0.3, -0.25) is 0 Å². The summed E-state index contributed by atoms with van der Waals surface area (Å²) < 4.78 is 2.11. The van der Waals surface area contributed by atoms with Crippen molar-refractivity contribution >= 4 is 6.03 Å². The molecule has 0 aliphatic heterocycles. The zero-order valence-electron chi connectivity index (χ0n) is 14.4. The minimum absolute atomic E-state index is 0.137. The van der Waals surface area contributed by atoms with E-state index in [1.54, 1.807) is 6.20 Å². The van der Waals surface area contributed by atoms with E-state index < -0.39 is 0 Å². The number of aromatic nitrogens is 2. The largest absolute Gasteiger partial charge is 0.393 e. The zero-order chi connectivity index (χ0) is 17.5. The van der Waals surface area contributed by atoms with Crippen LogP contribution in [0, 0.1) is 0 Å². The number of benzene rings is 1. The lowest BCUT2D eigenvalue weighted by molar-refractivity contribution is 0.117. The lowest BCUT2D eigenvalue weighted by atomic mass is 9.93. The van der Waals surface area contributed by atoms with E-state index >= 15 is 0 Å². The third-order valence-electron chi connectivity index (χ3n) is 4.66. The zero-order valence-corrected chi connectivity index (χ0v) is 14.4. The van der Waals surface area contributed by atoms with E-state index in [-0.39, 0.29) is 18.2 Å². The number of amides is 2. The van der Waals surface area contributed by atoms with Crippen LogP contribution in [0.2, 0.25) is 0 Å². The van der Waals surface area contributed by atoms with Gasteiger partial charge in [-0.05, 0) is 31.2 Å². The predicted molar refractivity (Wildman–Crippen MR) is 96.3 cm³/mol. The summed E-state index contributed by atoms with van der Waals surface area (Å²) in [6.45, 7) is 1.33. The smallest absolute Gasteiger partial charge is 0.315 e. The van der Waals surface area contributed by atoms with Gasteiger partial charge in [0.25, 0.3) is 0 Å². The van der Waals surface area contributed by atoms with Crippen LogP contribution in [0.1, 0.15) is 37.1 Å². The molecule has 2 aromatic rings. The molecule has 0 bridgehead atoms. The van der Waals surface area contributed by atoms with Crippen molar-refractivity contribution in [3.63, 3.8) is 0 Å². The van der Waals surface area contributed by atoms with E-state index in [0.717, 1.165) is 38.1 Å². The van der Waals surface area contributed by atoms with Gasteiger partial charge in [0.2, 0.25) is 0 Å². The van der Waals surface area contributed by atoms with Crippen molar-refractivity contribution in [2.24, 2.45) is 0 Å². The van der Waals surface area contributed by atoms with Crippen LogP contribution in [-0.2, 0) is 13.0 Å². The summed E-state index contributed by atoms with van der Waals surface area (Å²) in [5.41, 5.74) is 1.23. The molecule has 3 rings (SSSR count). The summed E-state index contributed by atoms with van der Waals surface area (Å²) in [5.74, 6) is 0.963. The van der Waals surface area contributed by atoms with Crippen LogP contribution in [-0.4, -0.2) is 39.4 Å². The van der Waals surface area contributed by atoms with Crippen LogP contribution in [0.15, 0.2) is 42.7 Å². The van der Waals surface area contributed by atoms with E-state index in [2.05, 4.69) is 32.3 Å². The molecule has 3 N–H and O–H groups in total. The Balaban J connectivity index is 1.42. The van der Waals surface area contributed by atoms with Gasteiger partial charge in [0.15, 0.2) is 0 Å². The Kier molecular flexibility index (Phi) is 6.06. The summed E-state index contributed by atoms with van der Waals surface area (Å²) in [5, 5.41) is 15.4. The van der Waals surface area contributed by atoms with Gasteiger partial charge in [-0.15, -0.1) is 0 Å². The Labute approximate surface area is 148 Å². The average molecular weight is 342 g/mol. The van der Waals surface area contributed by atoms with Crippen molar-refractivity contribution in [1.29, 1.82) is 0 Å². The highest BCUT2D eigenvalue weighted by Crippen LogP contribution is 2.18. The van der Waals surface area contributed by atoms with Crippen LogP contribution in [0.4, 0.5) is 4.79 Å². The molecule has 0 atom stereocenters. The number of aliphatic hydroxyl groups excluding tert-OH is 1. The molecule has 1 heterocycles. The highest BCUT2D eigenvalue weighted by molar-refractivity contribution is 5.74. The molecule has 25 heavy (non-hydrogen) atoms. The van der Waals surface area contributed by atoms with Crippen LogP contribution in [0.25, 0.3) is 0 Å². The third-order valence-corrected chi connectivity index (χ3v) is 4.66. The molecule has 1 aromatic carbocycles. The number of nitrogens with one attached hydrogen (secondary N) is 2. The molecule has 6 nitrogen and oxygen atoms in total. The Bertz CT molecular complexity index is 663. The van der Waals surface area contributed by atoms with Crippen LogP contribution >= 0.6 is 0 Å². The first-order valence-corrected chi connectivity index (χ1v) is 8.97. The van der Waals surface area contributed by atoms with Crippen molar-refractivity contribution < 1.29 is 9.90 Å². The van der Waals surface area contributed by atoms with E-state index in [1.807, 2.05) is 24.4 Å². The summed E-state index contributed by atoms with van der Waals surface area (Å²) in [7, 11) is 0. The minimum Gasteiger partial charge on any atom is -0.393 e. The normalized spacial score (nSPS) is 20.2. The molecule has 134 valence electrons. The monoisotopic (exact) mass is 342 g/mol. The van der Waals surface area contributed by atoms with E-state index in [1.165, 1.54) is 5.56 Å². The molecule has 1 aromatic heterocycles. The van der Waals surface area contributed by atoms with Gasteiger partial charge >= 0.3 is 6.03 Å². The quantitative estimate of drug-likeness (QED) is 0.752. The minimum atomic E-state index is -0.204. The molecule has 0 saturated heterocycles. The molecule has 1 aliphatic rings. The fourth-order valence-electron chi connectivity index (χ4n) is 3.24. The maximum Gasteiger partial charge on any atom is 0.315 e. The van der Waals surface area contributed by atoms with Gasteiger partial charge in [-0.1, -0.05) is 30.3 Å². The Morgan fingerprint density at radius 1 is 1.20 bits per heavy atom. The maximum atomic E-state index is 12.0. The highest BCUT2D eigenvalue weighted by atomic mass is 16.3. The number of hydrogen-bond donors (Lipinski definition) is 3. The molecular weight excluding hydrogens is 316 g/mol. The number of rotatable bonds is 6. The first-order chi connectivity index (χ1) is 12.2. The van der Waals surface area contributed by atoms with Gasteiger partial charge < -0.3 is 20.3 Å². The third kappa shape index (κ3) is 5.32. The first kappa shape index (κ1) is 17.5.